The minimum atomic E-state index is 0.0197. The molecule has 1 aliphatic heterocycles. The molecule has 3 aromatic rings. The predicted molar refractivity (Wildman–Crippen MR) is 111 cm³/mol. The third-order valence-corrected chi connectivity index (χ3v) is 6.48. The Morgan fingerprint density at radius 3 is 2.79 bits per heavy atom. The molecule has 0 bridgehead atoms. The molecule has 29 heavy (non-hydrogen) atoms. The first kappa shape index (κ1) is 18.1. The standard InChI is InChI=1S/C22H26N6O/c29-20(23-11-3-8-19-26-17-6-1-2-7-18(17)27-19)16-14-28(15-22(16)9-4-10-22)21-24-12-5-13-25-21/h1-2,5-7,12-13,16H,3-4,8-11,14-15H2,(H,23,29)(H,26,27). The summed E-state index contributed by atoms with van der Waals surface area (Å²) in [4.78, 5) is 31.9. The number of aromatic nitrogens is 4. The van der Waals surface area contributed by atoms with Gasteiger partial charge >= 0.3 is 0 Å². The Hall–Kier alpha value is -2.96. The molecule has 1 amide bonds. The number of carbonyl (C=O) groups is 1. The molecule has 1 unspecified atom stereocenters. The number of H-pyrrole nitrogens is 1. The van der Waals surface area contributed by atoms with Crippen LogP contribution in [0, 0.1) is 11.3 Å². The van der Waals surface area contributed by atoms with E-state index in [1.54, 1.807) is 12.4 Å². The molecule has 1 saturated carbocycles. The quantitative estimate of drug-likeness (QED) is 0.632. The van der Waals surface area contributed by atoms with Crippen molar-refractivity contribution < 1.29 is 4.79 Å². The van der Waals surface area contributed by atoms with Gasteiger partial charge in [-0.25, -0.2) is 15.0 Å². The number of amides is 1. The Morgan fingerprint density at radius 1 is 1.21 bits per heavy atom. The molecule has 3 heterocycles. The van der Waals surface area contributed by atoms with Crippen molar-refractivity contribution in [2.75, 3.05) is 24.5 Å². The molecule has 2 N–H and O–H groups in total. The highest BCUT2D eigenvalue weighted by Crippen LogP contribution is 2.52. The minimum Gasteiger partial charge on any atom is -0.356 e. The average molecular weight is 390 g/mol. The molecule has 150 valence electrons. The van der Waals surface area contributed by atoms with E-state index in [0.29, 0.717) is 13.1 Å². The first-order valence-electron chi connectivity index (χ1n) is 10.5. The van der Waals surface area contributed by atoms with Crippen LogP contribution < -0.4 is 10.2 Å². The summed E-state index contributed by atoms with van der Waals surface area (Å²) in [5.41, 5.74) is 2.16. The van der Waals surface area contributed by atoms with Crippen LogP contribution in [0.15, 0.2) is 42.7 Å². The van der Waals surface area contributed by atoms with Gasteiger partial charge in [-0.2, -0.15) is 0 Å². The van der Waals surface area contributed by atoms with Gasteiger partial charge in [0, 0.05) is 43.9 Å². The first-order chi connectivity index (χ1) is 14.2. The molecule has 1 aromatic carbocycles. The number of aryl methyl sites for hydroxylation is 1. The van der Waals surface area contributed by atoms with Crippen molar-refractivity contribution in [3.8, 4) is 0 Å². The molecule has 2 fully saturated rings. The zero-order valence-electron chi connectivity index (χ0n) is 16.5. The topological polar surface area (TPSA) is 86.8 Å². The Balaban J connectivity index is 1.17. The van der Waals surface area contributed by atoms with Gasteiger partial charge in [0.05, 0.1) is 17.0 Å². The summed E-state index contributed by atoms with van der Waals surface area (Å²) in [6.07, 6.45) is 8.67. The van der Waals surface area contributed by atoms with Gasteiger partial charge in [-0.1, -0.05) is 18.6 Å². The average Bonchev–Trinajstić information content (AvgIpc) is 3.33. The number of anilines is 1. The van der Waals surface area contributed by atoms with Gasteiger partial charge in [0.1, 0.15) is 5.82 Å². The second kappa shape index (κ2) is 7.46. The fourth-order valence-corrected chi connectivity index (χ4v) is 4.79. The van der Waals surface area contributed by atoms with E-state index < -0.39 is 0 Å². The highest BCUT2D eigenvalue weighted by molar-refractivity contribution is 5.81. The van der Waals surface area contributed by atoms with Gasteiger partial charge in [-0.15, -0.1) is 0 Å². The molecular formula is C22H26N6O. The molecule has 1 atom stereocenters. The number of fused-ring (bicyclic) bond motifs is 1. The van der Waals surface area contributed by atoms with Crippen LogP contribution in [0.2, 0.25) is 0 Å². The van der Waals surface area contributed by atoms with Crippen LogP contribution in [0.1, 0.15) is 31.5 Å². The van der Waals surface area contributed by atoms with Gasteiger partial charge in [-0.05, 0) is 37.5 Å². The number of imidazole rings is 1. The molecule has 2 aliphatic rings. The monoisotopic (exact) mass is 390 g/mol. The lowest BCUT2D eigenvalue weighted by Gasteiger charge is -2.41. The maximum atomic E-state index is 13.0. The summed E-state index contributed by atoms with van der Waals surface area (Å²) in [7, 11) is 0. The largest absolute Gasteiger partial charge is 0.356 e. The molecule has 5 rings (SSSR count). The van der Waals surface area contributed by atoms with Crippen molar-refractivity contribution in [1.29, 1.82) is 0 Å². The van der Waals surface area contributed by atoms with E-state index in [4.69, 9.17) is 0 Å². The lowest BCUT2D eigenvalue weighted by molar-refractivity contribution is -0.129. The number of carbonyl (C=O) groups excluding carboxylic acids is 1. The number of nitrogens with zero attached hydrogens (tertiary/aromatic N) is 4. The molecule has 7 nitrogen and oxygen atoms in total. The van der Waals surface area contributed by atoms with E-state index in [0.717, 1.165) is 55.0 Å². The second-order valence-electron chi connectivity index (χ2n) is 8.29. The minimum absolute atomic E-state index is 0.0197. The Kier molecular flexibility index (Phi) is 4.66. The summed E-state index contributed by atoms with van der Waals surface area (Å²) >= 11 is 0. The summed E-state index contributed by atoms with van der Waals surface area (Å²) in [6.45, 7) is 2.26. The van der Waals surface area contributed by atoms with Crippen LogP contribution in [-0.2, 0) is 11.2 Å². The predicted octanol–water partition coefficient (Wildman–Crippen LogP) is 2.71. The van der Waals surface area contributed by atoms with E-state index in [-0.39, 0.29) is 17.2 Å². The van der Waals surface area contributed by atoms with Gasteiger partial charge in [0.25, 0.3) is 0 Å². The van der Waals surface area contributed by atoms with E-state index in [9.17, 15) is 4.79 Å². The fraction of sp³-hybridized carbons (Fsp3) is 0.455. The summed E-state index contributed by atoms with van der Waals surface area (Å²) in [5, 5.41) is 3.18. The number of aromatic amines is 1. The Labute approximate surface area is 170 Å². The number of hydrogen-bond acceptors (Lipinski definition) is 5. The van der Waals surface area contributed by atoms with E-state index in [1.165, 1.54) is 6.42 Å². The third-order valence-electron chi connectivity index (χ3n) is 6.48. The first-order valence-corrected chi connectivity index (χ1v) is 10.5. The highest BCUT2D eigenvalue weighted by Gasteiger charge is 2.53. The van der Waals surface area contributed by atoms with Crippen LogP contribution in [-0.4, -0.2) is 45.5 Å². The van der Waals surface area contributed by atoms with Gasteiger partial charge in [0.2, 0.25) is 11.9 Å². The number of hydrogen-bond donors (Lipinski definition) is 2. The molecular weight excluding hydrogens is 364 g/mol. The molecule has 1 aliphatic carbocycles. The van der Waals surface area contributed by atoms with E-state index in [1.807, 2.05) is 30.3 Å². The smallest absolute Gasteiger partial charge is 0.225 e. The molecule has 1 saturated heterocycles. The number of para-hydroxylation sites is 2. The van der Waals surface area contributed by atoms with Gasteiger partial charge in [-0.3, -0.25) is 4.79 Å². The SMILES string of the molecule is O=C(NCCCc1nc2ccccc2[nH]1)C1CN(c2ncccn2)CC12CCC2. The van der Waals surface area contributed by atoms with Crippen LogP contribution in [0.25, 0.3) is 11.0 Å². The maximum absolute atomic E-state index is 13.0. The molecule has 2 aromatic heterocycles. The lowest BCUT2D eigenvalue weighted by Crippen LogP contribution is -2.45. The molecule has 1 spiro atoms. The number of benzene rings is 1. The van der Waals surface area contributed by atoms with Crippen molar-refractivity contribution >= 4 is 22.9 Å². The van der Waals surface area contributed by atoms with Gasteiger partial charge in [0.15, 0.2) is 0 Å². The second-order valence-corrected chi connectivity index (χ2v) is 8.29. The lowest BCUT2D eigenvalue weighted by atomic mass is 9.62. The highest BCUT2D eigenvalue weighted by atomic mass is 16.2. The fourth-order valence-electron chi connectivity index (χ4n) is 4.79. The van der Waals surface area contributed by atoms with E-state index in [2.05, 4.69) is 30.2 Å². The van der Waals surface area contributed by atoms with Crippen molar-refractivity contribution in [3.05, 3.63) is 48.5 Å². The zero-order chi connectivity index (χ0) is 19.7. The van der Waals surface area contributed by atoms with Crippen molar-refractivity contribution in [2.45, 2.75) is 32.1 Å². The number of rotatable bonds is 6. The molecule has 7 heteroatoms. The zero-order valence-corrected chi connectivity index (χ0v) is 16.5. The third kappa shape index (κ3) is 3.45. The van der Waals surface area contributed by atoms with Crippen molar-refractivity contribution in [2.24, 2.45) is 11.3 Å². The Bertz CT molecular complexity index is 964. The maximum Gasteiger partial charge on any atom is 0.225 e. The summed E-state index contributed by atoms with van der Waals surface area (Å²) in [6, 6.07) is 9.87. The molecule has 0 radical (unpaired) electrons. The summed E-state index contributed by atoms with van der Waals surface area (Å²) < 4.78 is 0. The van der Waals surface area contributed by atoms with Crippen LogP contribution in [0.5, 0.6) is 0 Å². The van der Waals surface area contributed by atoms with Gasteiger partial charge < -0.3 is 15.2 Å². The Morgan fingerprint density at radius 2 is 2.03 bits per heavy atom. The number of nitrogens with one attached hydrogen (secondary N) is 2. The summed E-state index contributed by atoms with van der Waals surface area (Å²) in [5.74, 6) is 1.90. The van der Waals surface area contributed by atoms with E-state index >= 15 is 0 Å². The normalized spacial score (nSPS) is 20.1. The van der Waals surface area contributed by atoms with Crippen LogP contribution in [0.3, 0.4) is 0 Å². The van der Waals surface area contributed by atoms with Crippen molar-refractivity contribution in [1.82, 2.24) is 25.3 Å². The van der Waals surface area contributed by atoms with Crippen LogP contribution >= 0.6 is 0 Å². The van der Waals surface area contributed by atoms with Crippen LogP contribution in [0.4, 0.5) is 5.95 Å². The van der Waals surface area contributed by atoms with Crippen molar-refractivity contribution in [3.63, 3.8) is 0 Å².